The summed E-state index contributed by atoms with van der Waals surface area (Å²) in [6.07, 6.45) is -3.15. The van der Waals surface area contributed by atoms with Crippen LogP contribution in [0.1, 0.15) is 28.4 Å². The van der Waals surface area contributed by atoms with Gasteiger partial charge in [0.2, 0.25) is 11.7 Å². The first kappa shape index (κ1) is 25.4. The number of pyridine rings is 1. The summed E-state index contributed by atoms with van der Waals surface area (Å²) in [7, 11) is -4.15. The van der Waals surface area contributed by atoms with Crippen LogP contribution in [-0.2, 0) is 16.3 Å². The molecule has 2 heterocycles. The molecule has 2 aromatic heterocycles. The van der Waals surface area contributed by atoms with E-state index >= 15 is 0 Å². The number of alkyl halides is 3. The molecule has 7 nitrogen and oxygen atoms in total. The van der Waals surface area contributed by atoms with E-state index in [-0.39, 0.29) is 28.2 Å². The second kappa shape index (κ2) is 9.75. The standard InChI is InChI=1S/C24H17ClF3N3O4S/c1-2-36(33,34)35-23-20(22(32)16-8-12-18(25)13-9-16)21(30-31(23)19-5-3-4-14-29-19)15-6-10-17(11-7-15)24(26,27)28/h3-14H,2H2,1H3. The Labute approximate surface area is 209 Å². The van der Waals surface area contributed by atoms with Crippen molar-refractivity contribution in [2.24, 2.45) is 0 Å². The van der Waals surface area contributed by atoms with Gasteiger partial charge in [-0.25, -0.2) is 4.98 Å². The van der Waals surface area contributed by atoms with Crippen LogP contribution in [0.25, 0.3) is 17.1 Å². The van der Waals surface area contributed by atoms with Crippen molar-refractivity contribution < 1.29 is 30.6 Å². The number of nitrogens with zero attached hydrogens (tertiary/aromatic N) is 3. The lowest BCUT2D eigenvalue weighted by Crippen LogP contribution is -2.16. The van der Waals surface area contributed by atoms with E-state index in [1.807, 2.05) is 0 Å². The molecule has 0 saturated carbocycles. The highest BCUT2D eigenvalue weighted by atomic mass is 35.5. The maximum absolute atomic E-state index is 13.6. The fraction of sp³-hybridized carbons (Fsp3) is 0.125. The first-order valence-electron chi connectivity index (χ1n) is 10.4. The van der Waals surface area contributed by atoms with Crippen LogP contribution in [0.4, 0.5) is 13.2 Å². The number of halogens is 4. The molecule has 36 heavy (non-hydrogen) atoms. The van der Waals surface area contributed by atoms with Crippen LogP contribution < -0.4 is 4.18 Å². The number of hydrogen-bond donors (Lipinski definition) is 0. The molecule has 4 aromatic rings. The average Bonchev–Trinajstić information content (AvgIpc) is 3.22. The number of benzene rings is 2. The predicted octanol–water partition coefficient (Wildman–Crippen LogP) is 5.57. The maximum Gasteiger partial charge on any atom is 0.416 e. The zero-order chi connectivity index (χ0) is 26.1. The van der Waals surface area contributed by atoms with Crippen molar-refractivity contribution in [3.8, 4) is 23.0 Å². The third-order valence-electron chi connectivity index (χ3n) is 5.09. The molecule has 0 saturated heterocycles. The van der Waals surface area contributed by atoms with E-state index in [9.17, 15) is 26.4 Å². The van der Waals surface area contributed by atoms with Crippen LogP contribution in [-0.4, -0.2) is 34.7 Å². The largest absolute Gasteiger partial charge is 0.416 e. The van der Waals surface area contributed by atoms with Crippen molar-refractivity contribution in [1.29, 1.82) is 0 Å². The molecule has 4 rings (SSSR count). The Bertz CT molecular complexity index is 1500. The number of hydrogen-bond acceptors (Lipinski definition) is 6. The van der Waals surface area contributed by atoms with E-state index < -0.39 is 39.3 Å². The molecule has 0 N–H and O–H groups in total. The minimum absolute atomic E-state index is 0.0874. The summed E-state index contributed by atoms with van der Waals surface area (Å²) in [4.78, 5) is 17.8. The van der Waals surface area contributed by atoms with Gasteiger partial charge in [-0.3, -0.25) is 4.79 Å². The lowest BCUT2D eigenvalue weighted by Gasteiger charge is -2.10. The van der Waals surface area contributed by atoms with Gasteiger partial charge >= 0.3 is 16.3 Å². The van der Waals surface area contributed by atoms with Gasteiger partial charge in [0.25, 0.3) is 0 Å². The average molecular weight is 536 g/mol. The summed E-state index contributed by atoms with van der Waals surface area (Å²) in [6.45, 7) is 1.36. The number of aromatic nitrogens is 3. The number of ketones is 1. The number of carbonyl (C=O) groups is 1. The van der Waals surface area contributed by atoms with Crippen LogP contribution in [0, 0.1) is 0 Å². The van der Waals surface area contributed by atoms with Gasteiger partial charge in [-0.15, -0.1) is 0 Å². The molecule has 0 amide bonds. The zero-order valence-corrected chi connectivity index (χ0v) is 20.1. The third-order valence-corrected chi connectivity index (χ3v) is 6.46. The predicted molar refractivity (Wildman–Crippen MR) is 127 cm³/mol. The van der Waals surface area contributed by atoms with Gasteiger partial charge in [0.15, 0.2) is 5.82 Å². The summed E-state index contributed by atoms with van der Waals surface area (Å²) >= 11 is 5.93. The van der Waals surface area contributed by atoms with Gasteiger partial charge in [-0.1, -0.05) is 29.8 Å². The van der Waals surface area contributed by atoms with Gasteiger partial charge in [-0.2, -0.15) is 31.4 Å². The van der Waals surface area contributed by atoms with E-state index in [0.29, 0.717) is 5.02 Å². The van der Waals surface area contributed by atoms with Gasteiger partial charge < -0.3 is 4.18 Å². The van der Waals surface area contributed by atoms with E-state index in [1.54, 1.807) is 12.1 Å². The van der Waals surface area contributed by atoms with Gasteiger partial charge in [0, 0.05) is 22.3 Å². The smallest absolute Gasteiger partial charge is 0.361 e. The Kier molecular flexibility index (Phi) is 6.87. The van der Waals surface area contributed by atoms with E-state index in [4.69, 9.17) is 15.8 Å². The summed E-state index contributed by atoms with van der Waals surface area (Å²) in [5.74, 6) is -1.40. The van der Waals surface area contributed by atoms with Crippen LogP contribution in [0.5, 0.6) is 5.88 Å². The Morgan fingerprint density at radius 1 is 1.03 bits per heavy atom. The first-order chi connectivity index (χ1) is 17.0. The highest BCUT2D eigenvalue weighted by Crippen LogP contribution is 2.37. The molecular formula is C24H17ClF3N3O4S. The Balaban J connectivity index is 2.01. The molecule has 0 bridgehead atoms. The van der Waals surface area contributed by atoms with E-state index in [2.05, 4.69) is 10.1 Å². The molecule has 0 radical (unpaired) electrons. The lowest BCUT2D eigenvalue weighted by molar-refractivity contribution is -0.137. The van der Waals surface area contributed by atoms with E-state index in [1.165, 1.54) is 43.5 Å². The quantitative estimate of drug-likeness (QED) is 0.227. The summed E-state index contributed by atoms with van der Waals surface area (Å²) in [6, 6.07) is 14.5. The zero-order valence-electron chi connectivity index (χ0n) is 18.5. The molecule has 12 heteroatoms. The van der Waals surface area contributed by atoms with Crippen LogP contribution in [0.3, 0.4) is 0 Å². The molecule has 0 aliphatic carbocycles. The monoisotopic (exact) mass is 535 g/mol. The SMILES string of the molecule is CCS(=O)(=O)Oc1c(C(=O)c2ccc(Cl)cc2)c(-c2ccc(C(F)(F)F)cc2)nn1-c1ccccn1. The Morgan fingerprint density at radius 2 is 1.69 bits per heavy atom. The van der Waals surface area contributed by atoms with Crippen LogP contribution >= 0.6 is 11.6 Å². The third kappa shape index (κ3) is 5.26. The van der Waals surface area contributed by atoms with Crippen molar-refractivity contribution in [3.05, 3.63) is 94.6 Å². The molecule has 2 aromatic carbocycles. The van der Waals surface area contributed by atoms with Crippen molar-refractivity contribution in [2.45, 2.75) is 13.1 Å². The molecule has 0 spiro atoms. The van der Waals surface area contributed by atoms with Gasteiger partial charge in [0.1, 0.15) is 11.3 Å². The molecule has 0 unspecified atom stereocenters. The highest BCUT2D eigenvalue weighted by Gasteiger charge is 2.33. The van der Waals surface area contributed by atoms with E-state index in [0.717, 1.165) is 28.9 Å². The van der Waals surface area contributed by atoms with Crippen LogP contribution in [0.2, 0.25) is 5.02 Å². The fourth-order valence-electron chi connectivity index (χ4n) is 3.26. The molecule has 0 fully saturated rings. The highest BCUT2D eigenvalue weighted by molar-refractivity contribution is 7.87. The fourth-order valence-corrected chi connectivity index (χ4v) is 3.90. The number of rotatable bonds is 7. The summed E-state index contributed by atoms with van der Waals surface area (Å²) in [5.41, 5.74) is -0.984. The van der Waals surface area contributed by atoms with Gasteiger partial charge in [-0.05, 0) is 55.5 Å². The van der Waals surface area contributed by atoms with Crippen LogP contribution in [0.15, 0.2) is 72.9 Å². The second-order valence-corrected chi connectivity index (χ2v) is 9.77. The molecular weight excluding hydrogens is 519 g/mol. The van der Waals surface area contributed by atoms with Crippen molar-refractivity contribution in [3.63, 3.8) is 0 Å². The Morgan fingerprint density at radius 3 is 2.25 bits per heavy atom. The minimum atomic E-state index is -4.57. The lowest BCUT2D eigenvalue weighted by atomic mass is 9.99. The molecule has 0 atom stereocenters. The van der Waals surface area contributed by atoms with Crippen molar-refractivity contribution in [2.75, 3.05) is 5.75 Å². The molecule has 0 aliphatic rings. The van der Waals surface area contributed by atoms with Crippen molar-refractivity contribution >= 4 is 27.5 Å². The second-order valence-electron chi connectivity index (χ2n) is 7.47. The van der Waals surface area contributed by atoms with Gasteiger partial charge in [0.05, 0.1) is 11.3 Å². The Hall–Kier alpha value is -3.70. The number of carbonyl (C=O) groups excluding carboxylic acids is 1. The maximum atomic E-state index is 13.6. The molecule has 186 valence electrons. The normalized spacial score (nSPS) is 11.9. The topological polar surface area (TPSA) is 91.2 Å². The molecule has 0 aliphatic heterocycles. The van der Waals surface area contributed by atoms with Crippen molar-refractivity contribution in [1.82, 2.24) is 14.8 Å². The minimum Gasteiger partial charge on any atom is -0.361 e. The summed E-state index contributed by atoms with van der Waals surface area (Å²) < 4.78 is 70.6. The first-order valence-corrected chi connectivity index (χ1v) is 12.4. The summed E-state index contributed by atoms with van der Waals surface area (Å²) in [5, 5.41) is 4.73.